The van der Waals surface area contributed by atoms with E-state index in [-0.39, 0.29) is 11.8 Å². The van der Waals surface area contributed by atoms with Crippen LogP contribution in [0.3, 0.4) is 0 Å². The number of hydrogen-bond donors (Lipinski definition) is 1. The first-order valence-corrected chi connectivity index (χ1v) is 4.79. The maximum absolute atomic E-state index is 12.5. The lowest BCUT2D eigenvalue weighted by atomic mass is 9.97. The van der Waals surface area contributed by atoms with E-state index < -0.39 is 25.1 Å². The molecule has 5 heteroatoms. The van der Waals surface area contributed by atoms with Crippen molar-refractivity contribution < 1.29 is 13.6 Å². The molecule has 0 aromatic rings. The Labute approximate surface area is 82.2 Å². The first-order valence-electron chi connectivity index (χ1n) is 4.79. The fraction of sp³-hybridized carbons (Fsp3) is 0.889. The number of nitrogens with zero attached hydrogens (tertiary/aromatic N) is 1. The highest BCUT2D eigenvalue weighted by Crippen LogP contribution is 2.27. The Kier molecular flexibility index (Phi) is 3.09. The number of likely N-dealkylation sites (tertiary alicyclic amines) is 1. The van der Waals surface area contributed by atoms with Crippen LogP contribution in [0.5, 0.6) is 0 Å². The summed E-state index contributed by atoms with van der Waals surface area (Å²) < 4.78 is 24.9. The molecule has 0 saturated carbocycles. The fourth-order valence-electron chi connectivity index (χ4n) is 1.38. The molecule has 82 valence electrons. The van der Waals surface area contributed by atoms with E-state index >= 15 is 0 Å². The average molecular weight is 206 g/mol. The van der Waals surface area contributed by atoms with E-state index in [0.29, 0.717) is 0 Å². The molecule has 0 aromatic heterocycles. The Morgan fingerprint density at radius 3 is 2.43 bits per heavy atom. The van der Waals surface area contributed by atoms with Crippen LogP contribution in [0.2, 0.25) is 0 Å². The number of rotatable bonds is 3. The molecule has 2 unspecified atom stereocenters. The van der Waals surface area contributed by atoms with Crippen molar-refractivity contribution in [3.05, 3.63) is 0 Å². The van der Waals surface area contributed by atoms with Gasteiger partial charge in [0.25, 0.3) is 5.92 Å². The Hall–Kier alpha value is -0.710. The van der Waals surface area contributed by atoms with E-state index in [4.69, 9.17) is 5.73 Å². The van der Waals surface area contributed by atoms with Gasteiger partial charge in [-0.1, -0.05) is 20.3 Å². The van der Waals surface area contributed by atoms with Gasteiger partial charge >= 0.3 is 0 Å². The summed E-state index contributed by atoms with van der Waals surface area (Å²) in [6.07, 6.45) is 0.775. The van der Waals surface area contributed by atoms with Crippen LogP contribution in [-0.4, -0.2) is 35.9 Å². The van der Waals surface area contributed by atoms with Crippen molar-refractivity contribution >= 4 is 5.91 Å². The van der Waals surface area contributed by atoms with E-state index in [0.717, 1.165) is 11.3 Å². The molecule has 2 N–H and O–H groups in total. The summed E-state index contributed by atoms with van der Waals surface area (Å²) in [6.45, 7) is 2.81. The third-order valence-electron chi connectivity index (χ3n) is 2.70. The highest BCUT2D eigenvalue weighted by Gasteiger charge is 2.47. The van der Waals surface area contributed by atoms with E-state index in [1.807, 2.05) is 13.8 Å². The molecule has 1 aliphatic heterocycles. The minimum atomic E-state index is -2.70. The van der Waals surface area contributed by atoms with Gasteiger partial charge in [-0.15, -0.1) is 0 Å². The minimum Gasteiger partial charge on any atom is -0.329 e. The zero-order valence-corrected chi connectivity index (χ0v) is 8.46. The highest BCUT2D eigenvalue weighted by molar-refractivity contribution is 5.82. The van der Waals surface area contributed by atoms with Crippen LogP contribution in [0.4, 0.5) is 8.78 Å². The van der Waals surface area contributed by atoms with Crippen molar-refractivity contribution in [3.8, 4) is 0 Å². The van der Waals surface area contributed by atoms with E-state index in [2.05, 4.69) is 0 Å². The van der Waals surface area contributed by atoms with E-state index in [9.17, 15) is 13.6 Å². The minimum absolute atomic E-state index is 0.0386. The summed E-state index contributed by atoms with van der Waals surface area (Å²) in [5.41, 5.74) is 5.63. The van der Waals surface area contributed by atoms with Crippen molar-refractivity contribution in [2.75, 3.05) is 13.1 Å². The van der Waals surface area contributed by atoms with Gasteiger partial charge in [-0.05, 0) is 5.92 Å². The predicted octanol–water partition coefficient (Wildman–Crippen LogP) is 0.837. The fourth-order valence-corrected chi connectivity index (χ4v) is 1.38. The van der Waals surface area contributed by atoms with Crippen molar-refractivity contribution in [2.45, 2.75) is 32.2 Å². The highest BCUT2D eigenvalue weighted by atomic mass is 19.3. The van der Waals surface area contributed by atoms with Crippen LogP contribution in [0, 0.1) is 5.92 Å². The molecule has 14 heavy (non-hydrogen) atoms. The summed E-state index contributed by atoms with van der Waals surface area (Å²) in [5, 5.41) is 0. The molecule has 0 bridgehead atoms. The van der Waals surface area contributed by atoms with Crippen LogP contribution in [-0.2, 0) is 4.79 Å². The number of alkyl halides is 2. The average Bonchev–Trinajstić information content (AvgIpc) is 2.10. The maximum atomic E-state index is 12.5. The summed E-state index contributed by atoms with van der Waals surface area (Å²) in [6, 6.07) is -0.643. The Morgan fingerprint density at radius 1 is 1.57 bits per heavy atom. The SMILES string of the molecule is CCC(C)C(N)C(=O)N1CC(F)(F)C1. The number of hydrogen-bond acceptors (Lipinski definition) is 2. The molecule has 3 nitrogen and oxygen atoms in total. The number of carbonyl (C=O) groups is 1. The summed E-state index contributed by atoms with van der Waals surface area (Å²) in [7, 11) is 0. The zero-order valence-electron chi connectivity index (χ0n) is 8.46. The summed E-state index contributed by atoms with van der Waals surface area (Å²) >= 11 is 0. The lowest BCUT2D eigenvalue weighted by Gasteiger charge is -2.40. The Balaban J connectivity index is 2.44. The van der Waals surface area contributed by atoms with Crippen LogP contribution in [0.25, 0.3) is 0 Å². The van der Waals surface area contributed by atoms with Crippen LogP contribution in [0.15, 0.2) is 0 Å². The number of amides is 1. The van der Waals surface area contributed by atoms with Crippen LogP contribution >= 0.6 is 0 Å². The van der Waals surface area contributed by atoms with Gasteiger partial charge < -0.3 is 10.6 Å². The van der Waals surface area contributed by atoms with Crippen molar-refractivity contribution in [3.63, 3.8) is 0 Å². The number of carbonyl (C=O) groups excluding carboxylic acids is 1. The van der Waals surface area contributed by atoms with E-state index in [1.165, 1.54) is 0 Å². The lowest BCUT2D eigenvalue weighted by molar-refractivity contribution is -0.167. The third-order valence-corrected chi connectivity index (χ3v) is 2.70. The molecule has 0 spiro atoms. The van der Waals surface area contributed by atoms with Crippen LogP contribution in [0.1, 0.15) is 20.3 Å². The lowest BCUT2D eigenvalue weighted by Crippen LogP contribution is -2.62. The van der Waals surface area contributed by atoms with Gasteiger partial charge in [0.1, 0.15) is 0 Å². The second kappa shape index (κ2) is 3.81. The molecule has 0 aromatic carbocycles. The molecule has 1 rings (SSSR count). The molecular formula is C9H16F2N2O. The topological polar surface area (TPSA) is 46.3 Å². The molecule has 2 atom stereocenters. The van der Waals surface area contributed by atoms with Gasteiger partial charge in [0.2, 0.25) is 5.91 Å². The maximum Gasteiger partial charge on any atom is 0.282 e. The largest absolute Gasteiger partial charge is 0.329 e. The molecule has 0 aliphatic carbocycles. The first-order chi connectivity index (χ1) is 6.37. The monoisotopic (exact) mass is 206 g/mol. The van der Waals surface area contributed by atoms with Crippen molar-refractivity contribution in [2.24, 2.45) is 11.7 Å². The molecule has 1 fully saturated rings. The van der Waals surface area contributed by atoms with Gasteiger partial charge in [0.05, 0.1) is 19.1 Å². The molecular weight excluding hydrogens is 190 g/mol. The van der Waals surface area contributed by atoms with Crippen molar-refractivity contribution in [1.82, 2.24) is 4.90 Å². The predicted molar refractivity (Wildman–Crippen MR) is 49.0 cm³/mol. The van der Waals surface area contributed by atoms with Gasteiger partial charge in [-0.3, -0.25) is 4.79 Å². The first kappa shape index (κ1) is 11.4. The van der Waals surface area contributed by atoms with Crippen molar-refractivity contribution in [1.29, 1.82) is 0 Å². The Bertz CT molecular complexity index is 225. The van der Waals surface area contributed by atoms with E-state index in [1.54, 1.807) is 0 Å². The second-order valence-electron chi connectivity index (χ2n) is 3.96. The number of halogens is 2. The standard InChI is InChI=1S/C9H16F2N2O/c1-3-6(2)7(12)8(14)13-4-9(10,11)5-13/h6-7H,3-5,12H2,1-2H3. The Morgan fingerprint density at radius 2 is 2.07 bits per heavy atom. The smallest absolute Gasteiger partial charge is 0.282 e. The summed E-state index contributed by atoms with van der Waals surface area (Å²) in [5.74, 6) is -3.02. The normalized spacial score (nSPS) is 23.9. The third kappa shape index (κ3) is 2.20. The number of nitrogens with two attached hydrogens (primary N) is 1. The molecule has 1 saturated heterocycles. The molecule has 0 radical (unpaired) electrons. The van der Waals surface area contributed by atoms with Gasteiger partial charge in [0.15, 0.2) is 0 Å². The second-order valence-corrected chi connectivity index (χ2v) is 3.96. The molecule has 1 aliphatic rings. The van der Waals surface area contributed by atoms with Crippen LogP contribution < -0.4 is 5.73 Å². The zero-order chi connectivity index (χ0) is 10.9. The van der Waals surface area contributed by atoms with Gasteiger partial charge in [-0.2, -0.15) is 0 Å². The summed E-state index contributed by atoms with van der Waals surface area (Å²) in [4.78, 5) is 12.6. The molecule has 1 heterocycles. The van der Waals surface area contributed by atoms with Gasteiger partial charge in [0, 0.05) is 0 Å². The molecule has 1 amide bonds. The quantitative estimate of drug-likeness (QED) is 0.743. The van der Waals surface area contributed by atoms with Gasteiger partial charge in [-0.25, -0.2) is 8.78 Å².